The van der Waals surface area contributed by atoms with Gasteiger partial charge in [-0.05, 0) is 73.2 Å². The lowest BCUT2D eigenvalue weighted by molar-refractivity contribution is 0.0600. The van der Waals surface area contributed by atoms with Gasteiger partial charge in [-0.3, -0.25) is 4.79 Å². The van der Waals surface area contributed by atoms with Crippen molar-refractivity contribution in [3.05, 3.63) is 75.7 Å². The third-order valence-electron chi connectivity index (χ3n) is 5.37. The number of nitrogens with one attached hydrogen (secondary N) is 1. The minimum atomic E-state index is -0.413. The molecule has 3 aromatic rings. The predicted molar refractivity (Wildman–Crippen MR) is 127 cm³/mol. The van der Waals surface area contributed by atoms with E-state index in [2.05, 4.69) is 10.3 Å². The summed E-state index contributed by atoms with van der Waals surface area (Å²) in [6.45, 7) is 0. The van der Waals surface area contributed by atoms with Crippen molar-refractivity contribution >= 4 is 40.1 Å². The van der Waals surface area contributed by atoms with Gasteiger partial charge in [0, 0.05) is 16.8 Å². The number of anilines is 1. The van der Waals surface area contributed by atoms with Gasteiger partial charge in [0.05, 0.1) is 25.3 Å². The van der Waals surface area contributed by atoms with Crippen LogP contribution in [0.1, 0.15) is 49.6 Å². The van der Waals surface area contributed by atoms with Crippen LogP contribution >= 0.6 is 11.3 Å². The number of carbonyl (C=O) groups is 2. The molecule has 2 aromatic carbocycles. The average Bonchev–Trinajstić information content (AvgIpc) is 3.21. The van der Waals surface area contributed by atoms with Crippen LogP contribution in [0.25, 0.3) is 0 Å². The first kappa shape index (κ1) is 21.8. The van der Waals surface area contributed by atoms with Crippen LogP contribution in [0.4, 0.5) is 10.7 Å². The summed E-state index contributed by atoms with van der Waals surface area (Å²) in [6.07, 6.45) is 5.81. The first-order valence-electron chi connectivity index (χ1n) is 10.4. The summed E-state index contributed by atoms with van der Waals surface area (Å²) in [6, 6.07) is 14.3. The van der Waals surface area contributed by atoms with Gasteiger partial charge in [-0.15, -0.1) is 11.3 Å². The van der Waals surface area contributed by atoms with Gasteiger partial charge in [0.25, 0.3) is 5.91 Å². The zero-order valence-corrected chi connectivity index (χ0v) is 18.8. The van der Waals surface area contributed by atoms with Crippen LogP contribution < -0.4 is 10.1 Å². The molecule has 0 radical (unpaired) electrons. The van der Waals surface area contributed by atoms with Crippen molar-refractivity contribution in [2.45, 2.75) is 25.7 Å². The Morgan fingerprint density at radius 1 is 1.06 bits per heavy atom. The fourth-order valence-corrected chi connectivity index (χ4v) is 4.96. The molecule has 1 N–H and O–H groups in total. The number of fused-ring (bicyclic) bond motifs is 1. The van der Waals surface area contributed by atoms with Crippen LogP contribution in [0, 0.1) is 0 Å². The molecule has 6 nitrogen and oxygen atoms in total. The van der Waals surface area contributed by atoms with E-state index < -0.39 is 5.97 Å². The Balaban J connectivity index is 1.62. The second-order valence-corrected chi connectivity index (χ2v) is 8.53. The maximum absolute atomic E-state index is 13.3. The number of nitrogens with zero attached hydrogens (tertiary/aromatic N) is 1. The van der Waals surface area contributed by atoms with E-state index in [1.807, 2.05) is 24.3 Å². The monoisotopic (exact) mass is 448 g/mol. The molecule has 1 amide bonds. The van der Waals surface area contributed by atoms with Crippen LogP contribution in [0.3, 0.4) is 0 Å². The van der Waals surface area contributed by atoms with Crippen molar-refractivity contribution in [1.82, 2.24) is 0 Å². The fourth-order valence-electron chi connectivity index (χ4n) is 3.73. The maximum atomic E-state index is 13.3. The van der Waals surface area contributed by atoms with Crippen LogP contribution in [0.15, 0.2) is 53.5 Å². The molecule has 0 atom stereocenters. The molecule has 0 spiro atoms. The summed E-state index contributed by atoms with van der Waals surface area (Å²) in [5.41, 5.74) is 3.69. The predicted octanol–water partition coefficient (Wildman–Crippen LogP) is 5.43. The number of esters is 1. The van der Waals surface area contributed by atoms with Gasteiger partial charge in [0.15, 0.2) is 0 Å². The van der Waals surface area contributed by atoms with Crippen molar-refractivity contribution in [1.29, 1.82) is 0 Å². The van der Waals surface area contributed by atoms with E-state index in [0.717, 1.165) is 42.6 Å². The average molecular weight is 449 g/mol. The number of ether oxygens (including phenoxy) is 2. The molecule has 1 heterocycles. The van der Waals surface area contributed by atoms with Gasteiger partial charge < -0.3 is 14.8 Å². The topological polar surface area (TPSA) is 77.0 Å². The standard InChI is InChI=1S/C25H24N2O4S/c1-30-19-7-5-6-16(14-19)15-26-24-22(20-8-3-4-9-21(20)32-24)23(28)27-18-12-10-17(11-13-18)25(29)31-2/h5-7,10-15H,3-4,8-9H2,1-2H3,(H,27,28)/b26-15+. The molecule has 1 aromatic heterocycles. The fraction of sp³-hybridized carbons (Fsp3) is 0.240. The van der Waals surface area contributed by atoms with Gasteiger partial charge in [-0.1, -0.05) is 12.1 Å². The lowest BCUT2D eigenvalue weighted by Gasteiger charge is -2.13. The van der Waals surface area contributed by atoms with E-state index in [0.29, 0.717) is 21.8 Å². The Hall–Kier alpha value is -3.45. The lowest BCUT2D eigenvalue weighted by atomic mass is 9.95. The number of hydrogen-bond donors (Lipinski definition) is 1. The Morgan fingerprint density at radius 3 is 2.59 bits per heavy atom. The zero-order chi connectivity index (χ0) is 22.5. The lowest BCUT2D eigenvalue weighted by Crippen LogP contribution is -2.15. The van der Waals surface area contributed by atoms with Crippen molar-refractivity contribution in [2.24, 2.45) is 4.99 Å². The molecular formula is C25H24N2O4S. The van der Waals surface area contributed by atoms with Gasteiger partial charge >= 0.3 is 5.97 Å². The van der Waals surface area contributed by atoms with Crippen molar-refractivity contribution in [3.63, 3.8) is 0 Å². The Kier molecular flexibility index (Phi) is 6.66. The summed E-state index contributed by atoms with van der Waals surface area (Å²) in [4.78, 5) is 30.8. The number of hydrogen-bond acceptors (Lipinski definition) is 6. The van der Waals surface area contributed by atoms with Crippen LogP contribution in [0.5, 0.6) is 5.75 Å². The molecule has 1 aliphatic carbocycles. The highest BCUT2D eigenvalue weighted by Gasteiger charge is 2.25. The first-order valence-corrected chi connectivity index (χ1v) is 11.2. The highest BCUT2D eigenvalue weighted by Crippen LogP contribution is 2.40. The third-order valence-corrected chi connectivity index (χ3v) is 6.57. The van der Waals surface area contributed by atoms with E-state index in [-0.39, 0.29) is 5.91 Å². The normalized spacial score (nSPS) is 12.9. The molecule has 32 heavy (non-hydrogen) atoms. The molecule has 4 rings (SSSR count). The molecular weight excluding hydrogens is 424 g/mol. The van der Waals surface area contributed by atoms with Crippen molar-refractivity contribution < 1.29 is 19.1 Å². The maximum Gasteiger partial charge on any atom is 0.337 e. The zero-order valence-electron chi connectivity index (χ0n) is 18.0. The number of aliphatic imine (C=N–C) groups is 1. The van der Waals surface area contributed by atoms with E-state index in [1.54, 1.807) is 48.9 Å². The van der Waals surface area contributed by atoms with E-state index in [9.17, 15) is 9.59 Å². The second kappa shape index (κ2) is 9.78. The SMILES string of the molecule is COC(=O)c1ccc(NC(=O)c2c(/N=C/c3cccc(OC)c3)sc3c2CCCC3)cc1. The number of thiophene rings is 1. The molecule has 0 fully saturated rings. The summed E-state index contributed by atoms with van der Waals surface area (Å²) in [5.74, 6) is 0.157. The molecule has 1 aliphatic rings. The molecule has 0 bridgehead atoms. The number of methoxy groups -OCH3 is 2. The smallest absolute Gasteiger partial charge is 0.337 e. The second-order valence-electron chi connectivity index (χ2n) is 7.45. The largest absolute Gasteiger partial charge is 0.497 e. The molecule has 0 unspecified atom stereocenters. The van der Waals surface area contributed by atoms with E-state index in [4.69, 9.17) is 9.47 Å². The summed E-state index contributed by atoms with van der Waals surface area (Å²) in [7, 11) is 2.97. The Bertz CT molecular complexity index is 1170. The number of aryl methyl sites for hydroxylation is 1. The number of carbonyl (C=O) groups excluding carboxylic acids is 2. The minimum Gasteiger partial charge on any atom is -0.497 e. The van der Waals surface area contributed by atoms with Gasteiger partial charge in [-0.25, -0.2) is 9.79 Å². The number of amides is 1. The molecule has 0 aliphatic heterocycles. The summed E-state index contributed by atoms with van der Waals surface area (Å²) < 4.78 is 10.0. The van der Waals surface area contributed by atoms with Crippen molar-refractivity contribution in [2.75, 3.05) is 19.5 Å². The molecule has 0 saturated carbocycles. The Labute approximate surface area is 190 Å². The van der Waals surface area contributed by atoms with Crippen LogP contribution in [-0.2, 0) is 17.6 Å². The molecule has 164 valence electrons. The van der Waals surface area contributed by atoms with Gasteiger partial charge in [-0.2, -0.15) is 0 Å². The first-order chi connectivity index (χ1) is 15.6. The van der Waals surface area contributed by atoms with Gasteiger partial charge in [0.1, 0.15) is 10.8 Å². The van der Waals surface area contributed by atoms with E-state index in [1.165, 1.54) is 12.0 Å². The third kappa shape index (κ3) is 4.73. The number of benzene rings is 2. The van der Waals surface area contributed by atoms with Crippen molar-refractivity contribution in [3.8, 4) is 5.75 Å². The highest BCUT2D eigenvalue weighted by atomic mass is 32.1. The van der Waals surface area contributed by atoms with Crippen LogP contribution in [0.2, 0.25) is 0 Å². The van der Waals surface area contributed by atoms with Gasteiger partial charge in [0.2, 0.25) is 0 Å². The molecule has 7 heteroatoms. The molecule has 0 saturated heterocycles. The highest BCUT2D eigenvalue weighted by molar-refractivity contribution is 7.16. The van der Waals surface area contributed by atoms with E-state index >= 15 is 0 Å². The Morgan fingerprint density at radius 2 is 1.84 bits per heavy atom. The summed E-state index contributed by atoms with van der Waals surface area (Å²) >= 11 is 1.59. The quantitative estimate of drug-likeness (QED) is 0.403. The minimum absolute atomic E-state index is 0.187. The number of rotatable bonds is 6. The summed E-state index contributed by atoms with van der Waals surface area (Å²) in [5, 5.41) is 3.67. The van der Waals surface area contributed by atoms with Crippen LogP contribution in [-0.4, -0.2) is 32.3 Å².